The minimum Gasteiger partial charge on any atom is -0.493 e. The highest BCUT2D eigenvalue weighted by atomic mass is 35.5. The van der Waals surface area contributed by atoms with Crippen molar-refractivity contribution in [2.24, 2.45) is 11.8 Å². The largest absolute Gasteiger partial charge is 0.493 e. The van der Waals surface area contributed by atoms with Gasteiger partial charge >= 0.3 is 5.97 Å². The number of carbonyl (C=O) groups is 2. The second kappa shape index (κ2) is 11.9. The Morgan fingerprint density at radius 3 is 2.36 bits per heavy atom. The van der Waals surface area contributed by atoms with E-state index in [0.29, 0.717) is 35.3 Å². The fraction of sp³-hybridized carbons (Fsp3) is 0.438. The minimum atomic E-state index is -0.726. The van der Waals surface area contributed by atoms with Crippen LogP contribution in [0.5, 0.6) is 11.5 Å². The third-order valence-electron chi connectivity index (χ3n) is 8.57. The number of hydrogen-bond donors (Lipinski definition) is 1. The summed E-state index contributed by atoms with van der Waals surface area (Å²) in [5.74, 6) is 1.47. The summed E-state index contributed by atoms with van der Waals surface area (Å²) in [7, 11) is 3.30. The molecule has 1 aromatic heterocycles. The fourth-order valence-corrected chi connectivity index (χ4v) is 6.92. The van der Waals surface area contributed by atoms with Crippen molar-refractivity contribution in [3.05, 3.63) is 76.6 Å². The summed E-state index contributed by atoms with van der Waals surface area (Å²) < 4.78 is 13.7. The van der Waals surface area contributed by atoms with Crippen LogP contribution in [0.15, 0.2) is 54.7 Å². The molecule has 1 unspecified atom stereocenters. The van der Waals surface area contributed by atoms with Crippen LogP contribution in [0.2, 0.25) is 5.02 Å². The molecule has 0 spiro atoms. The summed E-state index contributed by atoms with van der Waals surface area (Å²) in [5.41, 5.74) is 4.29. The predicted molar refractivity (Wildman–Crippen MR) is 151 cm³/mol. The van der Waals surface area contributed by atoms with Crippen molar-refractivity contribution < 1.29 is 24.2 Å². The average molecular weight is 550 g/mol. The van der Waals surface area contributed by atoms with Crippen LogP contribution in [0.3, 0.4) is 0 Å². The number of carbonyl (C=O) groups excluding carboxylic acids is 1. The highest BCUT2D eigenvalue weighted by Crippen LogP contribution is 2.48. The number of para-hydroxylation sites is 1. The number of ether oxygens (including phenoxy) is 2. The summed E-state index contributed by atoms with van der Waals surface area (Å²) in [6, 6.07) is 16.1. The minimum absolute atomic E-state index is 0.0166. The maximum atomic E-state index is 13.5. The van der Waals surface area contributed by atoms with E-state index in [1.165, 1.54) is 0 Å². The molecule has 2 aliphatic rings. The number of carboxylic acids is 1. The standard InChI is InChI=1S/C32H36ClNO5/c1-38-30-7-3-5-25(32(30)39-2)26-18-22(17-24(35)15-20-8-10-21(11-9-20)16-31(36)37)28-6-4-14-34(28)29-13-12-23(33)19-27(26)29/h3-7,12-14,19-22,26H,8-11,15-18H2,1-2H3,(H,36,37)/t20?,21?,22?,26-/m1/s1. The van der Waals surface area contributed by atoms with Crippen LogP contribution in [-0.4, -0.2) is 35.6 Å². The predicted octanol–water partition coefficient (Wildman–Crippen LogP) is 7.40. The molecule has 1 aliphatic carbocycles. The van der Waals surface area contributed by atoms with E-state index in [9.17, 15) is 9.59 Å². The molecule has 39 heavy (non-hydrogen) atoms. The van der Waals surface area contributed by atoms with Crippen molar-refractivity contribution in [2.45, 2.75) is 63.2 Å². The van der Waals surface area contributed by atoms with Gasteiger partial charge in [0, 0.05) is 59.3 Å². The topological polar surface area (TPSA) is 77.8 Å². The van der Waals surface area contributed by atoms with Gasteiger partial charge in [-0.2, -0.15) is 0 Å². The van der Waals surface area contributed by atoms with Crippen molar-refractivity contribution in [1.29, 1.82) is 0 Å². The second-order valence-corrected chi connectivity index (χ2v) is 11.4. The van der Waals surface area contributed by atoms with Gasteiger partial charge in [0.1, 0.15) is 5.78 Å². The van der Waals surface area contributed by atoms with Crippen molar-refractivity contribution in [3.63, 3.8) is 0 Å². The number of Topliss-reactive ketones (excluding diaryl/α,β-unsaturated/α-hetero) is 1. The number of carboxylic acid groups (broad SMARTS) is 1. The summed E-state index contributed by atoms with van der Waals surface area (Å²) in [5, 5.41) is 9.78. The van der Waals surface area contributed by atoms with Crippen LogP contribution in [0.4, 0.5) is 0 Å². The third-order valence-corrected chi connectivity index (χ3v) is 8.81. The van der Waals surface area contributed by atoms with E-state index in [1.807, 2.05) is 30.3 Å². The van der Waals surface area contributed by atoms with Gasteiger partial charge in [0.15, 0.2) is 11.5 Å². The van der Waals surface area contributed by atoms with Gasteiger partial charge in [-0.25, -0.2) is 0 Å². The van der Waals surface area contributed by atoms with Crippen LogP contribution >= 0.6 is 11.6 Å². The van der Waals surface area contributed by atoms with Crippen molar-refractivity contribution in [1.82, 2.24) is 4.57 Å². The third kappa shape index (κ3) is 5.86. The van der Waals surface area contributed by atoms with Gasteiger partial charge in [-0.05, 0) is 85.9 Å². The van der Waals surface area contributed by atoms with E-state index in [2.05, 4.69) is 29.0 Å². The highest BCUT2D eigenvalue weighted by molar-refractivity contribution is 6.30. The molecule has 6 nitrogen and oxygen atoms in total. The first-order valence-electron chi connectivity index (χ1n) is 13.8. The first kappa shape index (κ1) is 27.3. The zero-order valence-corrected chi connectivity index (χ0v) is 23.3. The molecule has 2 aromatic carbocycles. The molecule has 0 amide bonds. The number of rotatable bonds is 9. The molecule has 0 saturated heterocycles. The zero-order chi connectivity index (χ0) is 27.5. The van der Waals surface area contributed by atoms with E-state index in [0.717, 1.165) is 54.6 Å². The number of methoxy groups -OCH3 is 2. The van der Waals surface area contributed by atoms with Crippen LogP contribution in [0.1, 0.15) is 80.0 Å². The Morgan fingerprint density at radius 1 is 0.923 bits per heavy atom. The smallest absolute Gasteiger partial charge is 0.303 e. The number of halogens is 1. The van der Waals surface area contributed by atoms with Crippen molar-refractivity contribution >= 4 is 23.4 Å². The fourth-order valence-electron chi connectivity index (χ4n) is 6.74. The molecular formula is C32H36ClNO5. The lowest BCUT2D eigenvalue weighted by Gasteiger charge is -2.28. The Labute approximate surface area is 234 Å². The number of fused-ring (bicyclic) bond motifs is 3. The van der Waals surface area contributed by atoms with E-state index >= 15 is 0 Å². The average Bonchev–Trinajstić information content (AvgIpc) is 3.37. The molecule has 1 N–H and O–H groups in total. The lowest BCUT2D eigenvalue weighted by atomic mass is 9.77. The zero-order valence-electron chi connectivity index (χ0n) is 22.6. The van der Waals surface area contributed by atoms with E-state index in [4.69, 9.17) is 26.2 Å². The lowest BCUT2D eigenvalue weighted by molar-refractivity contribution is -0.138. The molecule has 7 heteroatoms. The van der Waals surface area contributed by atoms with Gasteiger partial charge < -0.3 is 19.1 Å². The van der Waals surface area contributed by atoms with E-state index < -0.39 is 5.97 Å². The van der Waals surface area contributed by atoms with Crippen LogP contribution in [0, 0.1) is 11.8 Å². The lowest BCUT2D eigenvalue weighted by Crippen LogP contribution is -2.20. The quantitative estimate of drug-likeness (QED) is 0.301. The maximum Gasteiger partial charge on any atom is 0.303 e. The van der Waals surface area contributed by atoms with Crippen LogP contribution in [-0.2, 0) is 9.59 Å². The normalized spacial score (nSPS) is 22.3. The Balaban J connectivity index is 1.43. The summed E-state index contributed by atoms with van der Waals surface area (Å²) in [6.07, 6.45) is 7.70. The number of ketones is 1. The SMILES string of the molecule is COc1cccc([C@H]2CC(CC(=O)CC3CCC(CC(=O)O)CC3)c3cccn3-c3ccc(Cl)cc32)c1OC. The van der Waals surface area contributed by atoms with Gasteiger partial charge in [0.25, 0.3) is 0 Å². The van der Waals surface area contributed by atoms with Gasteiger partial charge in [-0.3, -0.25) is 9.59 Å². The molecule has 3 aromatic rings. The number of nitrogens with zero attached hydrogens (tertiary/aromatic N) is 1. The molecule has 5 rings (SSSR count). The van der Waals surface area contributed by atoms with Crippen molar-refractivity contribution in [3.8, 4) is 17.2 Å². The molecule has 2 atom stereocenters. The Bertz CT molecular complexity index is 1340. The summed E-state index contributed by atoms with van der Waals surface area (Å²) in [4.78, 5) is 24.6. The monoisotopic (exact) mass is 549 g/mol. The van der Waals surface area contributed by atoms with Crippen LogP contribution < -0.4 is 9.47 Å². The molecule has 1 fully saturated rings. The molecule has 0 bridgehead atoms. The first-order valence-corrected chi connectivity index (χ1v) is 14.2. The molecule has 0 radical (unpaired) electrons. The summed E-state index contributed by atoms with van der Waals surface area (Å²) >= 11 is 6.53. The Kier molecular flexibility index (Phi) is 8.31. The second-order valence-electron chi connectivity index (χ2n) is 11.0. The van der Waals surface area contributed by atoms with Gasteiger partial charge in [0.2, 0.25) is 0 Å². The first-order chi connectivity index (χ1) is 18.9. The number of hydrogen-bond acceptors (Lipinski definition) is 4. The number of aliphatic carboxylic acids is 1. The molecule has 206 valence electrons. The van der Waals surface area contributed by atoms with E-state index in [1.54, 1.807) is 14.2 Å². The van der Waals surface area contributed by atoms with Gasteiger partial charge in [-0.1, -0.05) is 23.7 Å². The van der Waals surface area contributed by atoms with Crippen LogP contribution in [0.25, 0.3) is 5.69 Å². The van der Waals surface area contributed by atoms with Crippen molar-refractivity contribution in [2.75, 3.05) is 14.2 Å². The Morgan fingerprint density at radius 2 is 1.67 bits per heavy atom. The Hall–Kier alpha value is -3.25. The van der Waals surface area contributed by atoms with Gasteiger partial charge in [-0.15, -0.1) is 0 Å². The summed E-state index contributed by atoms with van der Waals surface area (Å²) in [6.45, 7) is 0. The maximum absolute atomic E-state index is 13.5. The number of aromatic nitrogens is 1. The molecule has 1 aliphatic heterocycles. The molecule has 1 saturated carbocycles. The number of benzene rings is 2. The van der Waals surface area contributed by atoms with Gasteiger partial charge in [0.05, 0.1) is 14.2 Å². The van der Waals surface area contributed by atoms with E-state index in [-0.39, 0.29) is 30.0 Å². The molecular weight excluding hydrogens is 514 g/mol. The highest BCUT2D eigenvalue weighted by Gasteiger charge is 2.34. The molecule has 2 heterocycles.